The van der Waals surface area contributed by atoms with Crippen LogP contribution < -0.4 is 5.32 Å². The van der Waals surface area contributed by atoms with E-state index < -0.39 is 0 Å². The first-order valence-electron chi connectivity index (χ1n) is 6.30. The number of rotatable bonds is 4. The average Bonchev–Trinajstić information content (AvgIpc) is 2.38. The summed E-state index contributed by atoms with van der Waals surface area (Å²) < 4.78 is 0. The van der Waals surface area contributed by atoms with E-state index in [1.165, 1.54) is 0 Å². The van der Waals surface area contributed by atoms with E-state index in [9.17, 15) is 0 Å². The van der Waals surface area contributed by atoms with E-state index in [1.807, 2.05) is 43.4 Å². The molecule has 18 heavy (non-hydrogen) atoms. The van der Waals surface area contributed by atoms with Gasteiger partial charge in [0.1, 0.15) is 5.82 Å². The van der Waals surface area contributed by atoms with Crippen LogP contribution in [0.5, 0.6) is 0 Å². The molecule has 0 saturated carbocycles. The Morgan fingerprint density at radius 1 is 1.11 bits per heavy atom. The van der Waals surface area contributed by atoms with Crippen molar-refractivity contribution in [3.05, 3.63) is 42.1 Å². The van der Waals surface area contributed by atoms with Gasteiger partial charge < -0.3 is 5.32 Å². The van der Waals surface area contributed by atoms with Gasteiger partial charge in [0.2, 0.25) is 0 Å². The summed E-state index contributed by atoms with van der Waals surface area (Å²) in [6.45, 7) is 4.40. The highest BCUT2D eigenvalue weighted by Gasteiger charge is 2.07. The van der Waals surface area contributed by atoms with Gasteiger partial charge in [0.15, 0.2) is 5.82 Å². The Labute approximate surface area is 108 Å². The second-order valence-corrected chi connectivity index (χ2v) is 4.78. The third kappa shape index (κ3) is 3.06. The van der Waals surface area contributed by atoms with Crippen LogP contribution in [0.15, 0.2) is 36.4 Å². The Bertz CT molecular complexity index is 506. The van der Waals surface area contributed by atoms with Crippen molar-refractivity contribution in [2.24, 2.45) is 5.92 Å². The minimum absolute atomic E-state index is 0.591. The molecule has 94 valence electrons. The number of nitrogens with zero attached hydrogens (tertiary/aromatic N) is 2. The normalized spacial score (nSPS) is 10.7. The number of hydrogen-bond acceptors (Lipinski definition) is 3. The first-order valence-corrected chi connectivity index (χ1v) is 6.30. The van der Waals surface area contributed by atoms with E-state index in [-0.39, 0.29) is 0 Å². The SMILES string of the molecule is CNc1cc(CC(C)C)nc(-c2ccccc2)n1. The predicted molar refractivity (Wildman–Crippen MR) is 75.6 cm³/mol. The van der Waals surface area contributed by atoms with Crippen molar-refractivity contribution in [2.45, 2.75) is 20.3 Å². The van der Waals surface area contributed by atoms with Gasteiger partial charge in [-0.2, -0.15) is 0 Å². The van der Waals surface area contributed by atoms with Gasteiger partial charge in [-0.1, -0.05) is 44.2 Å². The van der Waals surface area contributed by atoms with Gasteiger partial charge >= 0.3 is 0 Å². The first kappa shape index (κ1) is 12.6. The Morgan fingerprint density at radius 3 is 2.44 bits per heavy atom. The summed E-state index contributed by atoms with van der Waals surface area (Å²) in [7, 11) is 1.89. The minimum atomic E-state index is 0.591. The molecule has 0 unspecified atom stereocenters. The summed E-state index contributed by atoms with van der Waals surface area (Å²) >= 11 is 0. The molecule has 0 atom stereocenters. The molecule has 0 saturated heterocycles. The summed E-state index contributed by atoms with van der Waals surface area (Å²) in [5, 5.41) is 3.10. The lowest BCUT2D eigenvalue weighted by molar-refractivity contribution is 0.635. The third-order valence-corrected chi connectivity index (χ3v) is 2.68. The number of benzene rings is 1. The topological polar surface area (TPSA) is 37.8 Å². The molecular weight excluding hydrogens is 222 g/mol. The molecule has 2 rings (SSSR count). The highest BCUT2D eigenvalue weighted by Crippen LogP contribution is 2.18. The largest absolute Gasteiger partial charge is 0.373 e. The maximum Gasteiger partial charge on any atom is 0.161 e. The molecule has 0 amide bonds. The lowest BCUT2D eigenvalue weighted by atomic mass is 10.1. The lowest BCUT2D eigenvalue weighted by Gasteiger charge is -2.09. The van der Waals surface area contributed by atoms with Gasteiger partial charge in [0.25, 0.3) is 0 Å². The van der Waals surface area contributed by atoms with Crippen LogP contribution in [0.25, 0.3) is 11.4 Å². The highest BCUT2D eigenvalue weighted by molar-refractivity contribution is 5.57. The van der Waals surface area contributed by atoms with Gasteiger partial charge in [-0.3, -0.25) is 0 Å². The van der Waals surface area contributed by atoms with E-state index in [4.69, 9.17) is 0 Å². The molecule has 1 heterocycles. The van der Waals surface area contributed by atoms with Gasteiger partial charge in [0.05, 0.1) is 0 Å². The van der Waals surface area contributed by atoms with E-state index >= 15 is 0 Å². The average molecular weight is 241 g/mol. The van der Waals surface area contributed by atoms with Crippen LogP contribution in [-0.2, 0) is 6.42 Å². The van der Waals surface area contributed by atoms with Crippen LogP contribution in [0.4, 0.5) is 5.82 Å². The van der Waals surface area contributed by atoms with Crippen LogP contribution in [0.3, 0.4) is 0 Å². The zero-order valence-corrected chi connectivity index (χ0v) is 11.1. The third-order valence-electron chi connectivity index (χ3n) is 2.68. The van der Waals surface area contributed by atoms with Crippen molar-refractivity contribution >= 4 is 5.82 Å². The Balaban J connectivity index is 2.41. The smallest absolute Gasteiger partial charge is 0.161 e. The van der Waals surface area contributed by atoms with Crippen molar-refractivity contribution in [1.82, 2.24) is 9.97 Å². The molecule has 3 heteroatoms. The zero-order chi connectivity index (χ0) is 13.0. The Morgan fingerprint density at radius 2 is 1.83 bits per heavy atom. The van der Waals surface area contributed by atoms with Gasteiger partial charge in [-0.05, 0) is 12.3 Å². The van der Waals surface area contributed by atoms with Crippen molar-refractivity contribution in [1.29, 1.82) is 0 Å². The lowest BCUT2D eigenvalue weighted by Crippen LogP contribution is -2.03. The molecule has 0 aliphatic rings. The number of hydrogen-bond donors (Lipinski definition) is 1. The second kappa shape index (κ2) is 5.63. The number of nitrogens with one attached hydrogen (secondary N) is 1. The van der Waals surface area contributed by atoms with Crippen molar-refractivity contribution in [2.75, 3.05) is 12.4 Å². The Hall–Kier alpha value is -1.90. The predicted octanol–water partition coefficient (Wildman–Crippen LogP) is 3.38. The molecule has 1 aromatic carbocycles. The summed E-state index contributed by atoms with van der Waals surface area (Å²) in [5.74, 6) is 2.26. The zero-order valence-electron chi connectivity index (χ0n) is 11.1. The molecule has 0 spiro atoms. The van der Waals surface area contributed by atoms with E-state index in [0.717, 1.165) is 29.3 Å². The molecule has 3 nitrogen and oxygen atoms in total. The fourth-order valence-electron chi connectivity index (χ4n) is 1.86. The molecule has 1 N–H and O–H groups in total. The fourth-order valence-corrected chi connectivity index (χ4v) is 1.86. The molecule has 0 bridgehead atoms. The first-order chi connectivity index (χ1) is 8.69. The van der Waals surface area contributed by atoms with Crippen LogP contribution in [0, 0.1) is 5.92 Å². The van der Waals surface area contributed by atoms with Crippen LogP contribution in [0.2, 0.25) is 0 Å². The van der Waals surface area contributed by atoms with Crippen molar-refractivity contribution in [3.63, 3.8) is 0 Å². The Kier molecular flexibility index (Phi) is 3.92. The molecule has 0 aliphatic carbocycles. The van der Waals surface area contributed by atoms with E-state index in [1.54, 1.807) is 0 Å². The minimum Gasteiger partial charge on any atom is -0.373 e. The van der Waals surface area contributed by atoms with Crippen LogP contribution in [0.1, 0.15) is 19.5 Å². The summed E-state index contributed by atoms with van der Waals surface area (Å²) in [4.78, 5) is 9.15. The number of anilines is 1. The molecule has 0 fully saturated rings. The van der Waals surface area contributed by atoms with Crippen molar-refractivity contribution in [3.8, 4) is 11.4 Å². The highest BCUT2D eigenvalue weighted by atomic mass is 15.0. The molecule has 1 aromatic heterocycles. The monoisotopic (exact) mass is 241 g/mol. The molecule has 0 radical (unpaired) electrons. The molecular formula is C15H19N3. The standard InChI is InChI=1S/C15H19N3/c1-11(2)9-13-10-14(16-3)18-15(17-13)12-7-5-4-6-8-12/h4-8,10-11H,9H2,1-3H3,(H,16,17,18). The van der Waals surface area contributed by atoms with Crippen LogP contribution >= 0.6 is 0 Å². The summed E-state index contributed by atoms with van der Waals surface area (Å²) in [5.41, 5.74) is 2.14. The summed E-state index contributed by atoms with van der Waals surface area (Å²) in [6, 6.07) is 12.1. The quantitative estimate of drug-likeness (QED) is 0.891. The van der Waals surface area contributed by atoms with Crippen molar-refractivity contribution < 1.29 is 0 Å². The maximum absolute atomic E-state index is 4.64. The van der Waals surface area contributed by atoms with Gasteiger partial charge in [-0.15, -0.1) is 0 Å². The van der Waals surface area contributed by atoms with Gasteiger partial charge in [-0.25, -0.2) is 9.97 Å². The second-order valence-electron chi connectivity index (χ2n) is 4.78. The van der Waals surface area contributed by atoms with E-state index in [2.05, 4.69) is 29.1 Å². The van der Waals surface area contributed by atoms with Crippen LogP contribution in [-0.4, -0.2) is 17.0 Å². The molecule has 2 aromatic rings. The molecule has 0 aliphatic heterocycles. The fraction of sp³-hybridized carbons (Fsp3) is 0.333. The maximum atomic E-state index is 4.64. The van der Waals surface area contributed by atoms with E-state index in [0.29, 0.717) is 5.92 Å². The van der Waals surface area contributed by atoms with Gasteiger partial charge in [0, 0.05) is 24.4 Å². The number of aromatic nitrogens is 2. The summed E-state index contributed by atoms with van der Waals surface area (Å²) in [6.07, 6.45) is 0.969.